The summed E-state index contributed by atoms with van der Waals surface area (Å²) < 4.78 is 1.95. The van der Waals surface area contributed by atoms with Gasteiger partial charge in [0.05, 0.1) is 12.7 Å². The smallest absolute Gasteiger partial charge is 0.191 e. The van der Waals surface area contributed by atoms with Crippen molar-refractivity contribution in [1.82, 2.24) is 20.4 Å². The first kappa shape index (κ1) is 15.6. The van der Waals surface area contributed by atoms with Gasteiger partial charge in [-0.1, -0.05) is 11.6 Å². The lowest BCUT2D eigenvalue weighted by atomic mass is 9.97. The molecule has 5 heteroatoms. The van der Waals surface area contributed by atoms with Crippen molar-refractivity contribution in [1.29, 1.82) is 0 Å². The fourth-order valence-corrected chi connectivity index (χ4v) is 2.57. The molecule has 1 aliphatic rings. The van der Waals surface area contributed by atoms with Gasteiger partial charge < -0.3 is 10.6 Å². The van der Waals surface area contributed by atoms with Gasteiger partial charge in [0.1, 0.15) is 0 Å². The van der Waals surface area contributed by atoms with E-state index in [-0.39, 0.29) is 0 Å². The highest BCUT2D eigenvalue weighted by Gasteiger charge is 2.04. The van der Waals surface area contributed by atoms with Crippen LogP contribution < -0.4 is 10.6 Å². The van der Waals surface area contributed by atoms with E-state index in [2.05, 4.69) is 33.7 Å². The van der Waals surface area contributed by atoms with E-state index >= 15 is 0 Å². The Labute approximate surface area is 127 Å². The van der Waals surface area contributed by atoms with Crippen LogP contribution in [0.5, 0.6) is 0 Å². The Kier molecular flexibility index (Phi) is 6.31. The summed E-state index contributed by atoms with van der Waals surface area (Å²) in [5.74, 6) is 0.871. The van der Waals surface area contributed by atoms with E-state index in [4.69, 9.17) is 0 Å². The molecule has 21 heavy (non-hydrogen) atoms. The molecule has 2 N–H and O–H groups in total. The highest BCUT2D eigenvalue weighted by Crippen LogP contribution is 2.19. The maximum Gasteiger partial charge on any atom is 0.191 e. The number of hydrogen-bond acceptors (Lipinski definition) is 2. The number of allylic oxidation sites excluding steroid dienone is 1. The van der Waals surface area contributed by atoms with Crippen molar-refractivity contribution in [2.24, 2.45) is 4.99 Å². The number of nitrogens with zero attached hydrogens (tertiary/aromatic N) is 3. The number of hydrogen-bond donors (Lipinski definition) is 2. The van der Waals surface area contributed by atoms with E-state index in [1.807, 2.05) is 24.1 Å². The summed E-state index contributed by atoms with van der Waals surface area (Å²) in [4.78, 5) is 4.25. The lowest BCUT2D eigenvalue weighted by Crippen LogP contribution is -2.39. The lowest BCUT2D eigenvalue weighted by molar-refractivity contribution is 0.596. The fraction of sp³-hybridized carbons (Fsp3) is 0.625. The van der Waals surface area contributed by atoms with Gasteiger partial charge in [0, 0.05) is 26.3 Å². The molecule has 0 amide bonds. The third-order valence-electron chi connectivity index (χ3n) is 3.74. The van der Waals surface area contributed by atoms with Crippen LogP contribution in [-0.2, 0) is 6.54 Å². The number of aliphatic imine (C=N–C) groups is 1. The number of aromatic nitrogens is 2. The maximum atomic E-state index is 4.27. The molecule has 1 heterocycles. The van der Waals surface area contributed by atoms with E-state index in [1.165, 1.54) is 31.2 Å². The Morgan fingerprint density at radius 3 is 2.86 bits per heavy atom. The first-order valence-electron chi connectivity index (χ1n) is 7.89. The Hall–Kier alpha value is -1.78. The van der Waals surface area contributed by atoms with Crippen LogP contribution >= 0.6 is 0 Å². The summed E-state index contributed by atoms with van der Waals surface area (Å²) in [6.07, 6.45) is 12.7. The standard InChI is InChI=1S/C16H27N5/c1-14-12-20-21(13-14)11-10-19-16(17-2)18-9-8-15-6-4-3-5-7-15/h6,12-13H,3-5,7-11H2,1-2H3,(H2,17,18,19). The van der Waals surface area contributed by atoms with Gasteiger partial charge in [-0.3, -0.25) is 9.67 Å². The van der Waals surface area contributed by atoms with Gasteiger partial charge >= 0.3 is 0 Å². The molecule has 0 radical (unpaired) electrons. The molecular weight excluding hydrogens is 262 g/mol. The van der Waals surface area contributed by atoms with Gasteiger partial charge in [-0.2, -0.15) is 5.10 Å². The van der Waals surface area contributed by atoms with Gasteiger partial charge in [-0.15, -0.1) is 0 Å². The van der Waals surface area contributed by atoms with Crippen LogP contribution in [0.4, 0.5) is 0 Å². The molecular formula is C16H27N5. The molecule has 5 nitrogen and oxygen atoms in total. The van der Waals surface area contributed by atoms with Crippen molar-refractivity contribution in [3.05, 3.63) is 29.6 Å². The van der Waals surface area contributed by atoms with Crippen LogP contribution in [-0.4, -0.2) is 35.9 Å². The molecule has 0 spiro atoms. The van der Waals surface area contributed by atoms with Gasteiger partial charge in [0.25, 0.3) is 0 Å². The fourth-order valence-electron chi connectivity index (χ4n) is 2.57. The lowest BCUT2D eigenvalue weighted by Gasteiger charge is -2.15. The zero-order valence-electron chi connectivity index (χ0n) is 13.2. The summed E-state index contributed by atoms with van der Waals surface area (Å²) in [6.45, 7) is 4.67. The maximum absolute atomic E-state index is 4.27. The summed E-state index contributed by atoms with van der Waals surface area (Å²) in [5.41, 5.74) is 2.79. The van der Waals surface area contributed by atoms with Crippen molar-refractivity contribution in [3.8, 4) is 0 Å². The topological polar surface area (TPSA) is 54.2 Å². The van der Waals surface area contributed by atoms with E-state index in [9.17, 15) is 0 Å². The largest absolute Gasteiger partial charge is 0.356 e. The minimum atomic E-state index is 0.823. The SMILES string of the molecule is CN=C(NCCC1=CCCCC1)NCCn1cc(C)cn1. The van der Waals surface area contributed by atoms with Gasteiger partial charge in [-0.05, 0) is 44.6 Å². The minimum absolute atomic E-state index is 0.823. The second-order valence-corrected chi connectivity index (χ2v) is 5.56. The zero-order valence-corrected chi connectivity index (χ0v) is 13.2. The third kappa shape index (κ3) is 5.61. The van der Waals surface area contributed by atoms with E-state index in [1.54, 1.807) is 5.57 Å². The Balaban J connectivity index is 1.62. The highest BCUT2D eigenvalue weighted by molar-refractivity contribution is 5.79. The van der Waals surface area contributed by atoms with Crippen LogP contribution in [0.15, 0.2) is 29.0 Å². The molecule has 0 aliphatic heterocycles. The average Bonchev–Trinajstić information content (AvgIpc) is 2.92. The molecule has 116 valence electrons. The molecule has 0 atom stereocenters. The molecule has 1 aromatic rings. The number of nitrogens with one attached hydrogen (secondary N) is 2. The zero-order chi connectivity index (χ0) is 14.9. The number of guanidine groups is 1. The molecule has 0 saturated carbocycles. The summed E-state index contributed by atoms with van der Waals surface area (Å²) >= 11 is 0. The molecule has 1 aromatic heterocycles. The summed E-state index contributed by atoms with van der Waals surface area (Å²) in [6, 6.07) is 0. The molecule has 1 aliphatic carbocycles. The van der Waals surface area contributed by atoms with Crippen molar-refractivity contribution in [2.45, 2.75) is 45.6 Å². The van der Waals surface area contributed by atoms with Gasteiger partial charge in [0.2, 0.25) is 0 Å². The van der Waals surface area contributed by atoms with Crippen LogP contribution in [0.25, 0.3) is 0 Å². The minimum Gasteiger partial charge on any atom is -0.356 e. The highest BCUT2D eigenvalue weighted by atomic mass is 15.3. The van der Waals surface area contributed by atoms with Crippen molar-refractivity contribution in [2.75, 3.05) is 20.1 Å². The Morgan fingerprint density at radius 2 is 2.19 bits per heavy atom. The Morgan fingerprint density at radius 1 is 1.33 bits per heavy atom. The van der Waals surface area contributed by atoms with Crippen molar-refractivity contribution >= 4 is 5.96 Å². The number of aryl methyl sites for hydroxylation is 1. The van der Waals surface area contributed by atoms with Crippen molar-refractivity contribution < 1.29 is 0 Å². The third-order valence-corrected chi connectivity index (χ3v) is 3.74. The summed E-state index contributed by atoms with van der Waals surface area (Å²) in [7, 11) is 1.81. The van der Waals surface area contributed by atoms with Crippen LogP contribution in [0.1, 0.15) is 37.7 Å². The second-order valence-electron chi connectivity index (χ2n) is 5.56. The van der Waals surface area contributed by atoms with Crippen LogP contribution in [0, 0.1) is 6.92 Å². The monoisotopic (exact) mass is 289 g/mol. The van der Waals surface area contributed by atoms with Crippen molar-refractivity contribution in [3.63, 3.8) is 0 Å². The molecule has 0 aromatic carbocycles. The molecule has 2 rings (SSSR count). The summed E-state index contributed by atoms with van der Waals surface area (Å²) in [5, 5.41) is 11.0. The van der Waals surface area contributed by atoms with E-state index in [0.29, 0.717) is 0 Å². The van der Waals surface area contributed by atoms with E-state index in [0.717, 1.165) is 32.0 Å². The Bertz CT molecular complexity index is 487. The molecule has 0 fully saturated rings. The van der Waals surface area contributed by atoms with Gasteiger partial charge in [0.15, 0.2) is 5.96 Å². The quantitative estimate of drug-likeness (QED) is 0.480. The van der Waals surface area contributed by atoms with Crippen LogP contribution in [0.3, 0.4) is 0 Å². The van der Waals surface area contributed by atoms with Gasteiger partial charge in [-0.25, -0.2) is 0 Å². The molecule has 0 saturated heterocycles. The average molecular weight is 289 g/mol. The second kappa shape index (κ2) is 8.49. The molecule has 0 unspecified atom stereocenters. The normalized spacial score (nSPS) is 15.7. The predicted molar refractivity (Wildman–Crippen MR) is 87.5 cm³/mol. The molecule has 0 bridgehead atoms. The first-order chi connectivity index (χ1) is 10.3. The van der Waals surface area contributed by atoms with E-state index < -0.39 is 0 Å². The first-order valence-corrected chi connectivity index (χ1v) is 7.89. The number of rotatable bonds is 6. The predicted octanol–water partition coefficient (Wildman–Crippen LogP) is 2.25. The van der Waals surface area contributed by atoms with Crippen LogP contribution in [0.2, 0.25) is 0 Å².